The maximum absolute atomic E-state index is 9.55. The fourth-order valence-corrected chi connectivity index (χ4v) is 1.26. The van der Waals surface area contributed by atoms with E-state index in [2.05, 4.69) is 13.2 Å². The molecule has 0 unspecified atom stereocenters. The number of allylic oxidation sites excluding steroid dienone is 3. The molecule has 0 amide bonds. The van der Waals surface area contributed by atoms with Crippen molar-refractivity contribution in [1.82, 2.24) is 0 Å². The minimum absolute atomic E-state index is 0.00171. The number of phenolic OH excluding ortho intramolecular Hbond substituents is 1. The van der Waals surface area contributed by atoms with E-state index in [9.17, 15) is 10.2 Å². The molecule has 0 aliphatic carbocycles. The van der Waals surface area contributed by atoms with Gasteiger partial charge in [-0.2, -0.15) is 0 Å². The second-order valence-corrected chi connectivity index (χ2v) is 3.18. The summed E-state index contributed by atoms with van der Waals surface area (Å²) in [5.41, 5.74) is 1.40. The maximum atomic E-state index is 9.55. The fraction of sp³-hybridized carbons (Fsp3) is 0.0769. The minimum atomic E-state index is -0.00171. The van der Waals surface area contributed by atoms with Crippen molar-refractivity contribution >= 4 is 0 Å². The second-order valence-electron chi connectivity index (χ2n) is 3.18. The van der Waals surface area contributed by atoms with Crippen LogP contribution in [0.5, 0.6) is 5.75 Å². The lowest BCUT2D eigenvalue weighted by atomic mass is 10.0. The highest BCUT2D eigenvalue weighted by Crippen LogP contribution is 2.21. The van der Waals surface area contributed by atoms with E-state index >= 15 is 0 Å². The number of benzene rings is 1. The lowest BCUT2D eigenvalue weighted by molar-refractivity contribution is 0.422. The third-order valence-corrected chi connectivity index (χ3v) is 2.06. The number of hydrogen-bond donors (Lipinski definition) is 2. The van der Waals surface area contributed by atoms with Crippen LogP contribution in [0.1, 0.15) is 5.56 Å². The molecule has 1 rings (SSSR count). The first-order valence-electron chi connectivity index (χ1n) is 4.62. The standard InChI is InChI=1S/C13H14O2/c1-3-6-11(10(2)14)9-12-7-4-5-8-13(12)15/h3-8,14-15H,1-2,9H2/b11-6-. The van der Waals surface area contributed by atoms with Crippen molar-refractivity contribution in [2.75, 3.05) is 0 Å². The molecular weight excluding hydrogens is 188 g/mol. The van der Waals surface area contributed by atoms with E-state index in [1.54, 1.807) is 30.4 Å². The van der Waals surface area contributed by atoms with Crippen LogP contribution in [0, 0.1) is 0 Å². The third-order valence-electron chi connectivity index (χ3n) is 2.06. The Morgan fingerprint density at radius 1 is 1.33 bits per heavy atom. The Morgan fingerprint density at radius 2 is 2.00 bits per heavy atom. The van der Waals surface area contributed by atoms with Crippen molar-refractivity contribution in [2.24, 2.45) is 0 Å². The van der Waals surface area contributed by atoms with E-state index in [0.717, 1.165) is 5.56 Å². The van der Waals surface area contributed by atoms with Gasteiger partial charge in [0.15, 0.2) is 0 Å². The van der Waals surface area contributed by atoms with Gasteiger partial charge in [-0.15, -0.1) is 0 Å². The summed E-state index contributed by atoms with van der Waals surface area (Å²) in [5, 5.41) is 18.8. The van der Waals surface area contributed by atoms with Crippen LogP contribution in [0.2, 0.25) is 0 Å². The van der Waals surface area contributed by atoms with Crippen LogP contribution in [0.3, 0.4) is 0 Å². The SMILES string of the molecule is C=C/C=C(/Cc1ccccc1O)C(=C)O. The number of aromatic hydroxyl groups is 1. The normalized spacial score (nSPS) is 11.1. The van der Waals surface area contributed by atoms with Crippen molar-refractivity contribution in [3.05, 3.63) is 66.5 Å². The second kappa shape index (κ2) is 5.05. The van der Waals surface area contributed by atoms with Crippen LogP contribution in [0.15, 0.2) is 60.9 Å². The molecule has 15 heavy (non-hydrogen) atoms. The molecule has 0 bridgehead atoms. The predicted molar refractivity (Wildman–Crippen MR) is 61.9 cm³/mol. The van der Waals surface area contributed by atoms with E-state index in [1.807, 2.05) is 6.07 Å². The Balaban J connectivity index is 2.93. The molecule has 0 radical (unpaired) electrons. The van der Waals surface area contributed by atoms with Crippen LogP contribution in [0.25, 0.3) is 0 Å². The molecule has 0 aliphatic rings. The van der Waals surface area contributed by atoms with Gasteiger partial charge < -0.3 is 10.2 Å². The molecule has 0 aromatic heterocycles. The molecule has 0 fully saturated rings. The number of aliphatic hydroxyl groups is 1. The Kier molecular flexibility index (Phi) is 3.75. The molecule has 0 aliphatic heterocycles. The largest absolute Gasteiger partial charge is 0.508 e. The summed E-state index contributed by atoms with van der Waals surface area (Å²) in [4.78, 5) is 0. The van der Waals surface area contributed by atoms with Gasteiger partial charge in [0, 0.05) is 6.42 Å². The van der Waals surface area contributed by atoms with Gasteiger partial charge in [-0.1, -0.05) is 43.5 Å². The quantitative estimate of drug-likeness (QED) is 0.581. The zero-order valence-electron chi connectivity index (χ0n) is 8.48. The van der Waals surface area contributed by atoms with Crippen LogP contribution in [-0.4, -0.2) is 10.2 Å². The fourth-order valence-electron chi connectivity index (χ4n) is 1.26. The average molecular weight is 202 g/mol. The lowest BCUT2D eigenvalue weighted by Gasteiger charge is -2.06. The maximum Gasteiger partial charge on any atom is 0.119 e. The van der Waals surface area contributed by atoms with Gasteiger partial charge in [-0.05, 0) is 17.2 Å². The first-order chi connectivity index (χ1) is 7.15. The molecule has 78 valence electrons. The van der Waals surface area contributed by atoms with Crippen LogP contribution < -0.4 is 0 Å². The number of rotatable bonds is 4. The molecule has 1 aromatic carbocycles. The minimum Gasteiger partial charge on any atom is -0.508 e. The molecule has 1 aromatic rings. The van der Waals surface area contributed by atoms with Gasteiger partial charge >= 0.3 is 0 Å². The predicted octanol–water partition coefficient (Wildman–Crippen LogP) is 3.12. The average Bonchev–Trinajstić information content (AvgIpc) is 2.20. The van der Waals surface area contributed by atoms with Crippen LogP contribution >= 0.6 is 0 Å². The van der Waals surface area contributed by atoms with Gasteiger partial charge in [0.1, 0.15) is 11.5 Å². The first kappa shape index (κ1) is 11.1. The van der Waals surface area contributed by atoms with E-state index in [0.29, 0.717) is 12.0 Å². The number of phenols is 1. The zero-order chi connectivity index (χ0) is 11.3. The smallest absolute Gasteiger partial charge is 0.119 e. The number of aliphatic hydroxyl groups excluding tert-OH is 1. The molecule has 0 atom stereocenters. The van der Waals surface area contributed by atoms with Gasteiger partial charge in [-0.3, -0.25) is 0 Å². The number of hydrogen-bond acceptors (Lipinski definition) is 2. The summed E-state index contributed by atoms with van der Waals surface area (Å²) < 4.78 is 0. The van der Waals surface area contributed by atoms with Gasteiger partial charge in [0.2, 0.25) is 0 Å². The van der Waals surface area contributed by atoms with E-state index in [-0.39, 0.29) is 11.5 Å². The summed E-state index contributed by atoms with van der Waals surface area (Å²) >= 11 is 0. The van der Waals surface area contributed by atoms with Crippen molar-refractivity contribution in [3.8, 4) is 5.75 Å². The summed E-state index contributed by atoms with van der Waals surface area (Å²) in [5.74, 6) is 0.215. The molecule has 0 saturated heterocycles. The van der Waals surface area contributed by atoms with Gasteiger partial charge in [-0.25, -0.2) is 0 Å². The Hall–Kier alpha value is -1.96. The lowest BCUT2D eigenvalue weighted by Crippen LogP contribution is -1.93. The Labute approximate surface area is 89.5 Å². The van der Waals surface area contributed by atoms with Crippen molar-refractivity contribution in [3.63, 3.8) is 0 Å². The molecule has 2 heteroatoms. The molecule has 0 saturated carbocycles. The zero-order valence-corrected chi connectivity index (χ0v) is 8.48. The molecule has 0 heterocycles. The van der Waals surface area contributed by atoms with Crippen LogP contribution in [-0.2, 0) is 6.42 Å². The Morgan fingerprint density at radius 3 is 2.53 bits per heavy atom. The van der Waals surface area contributed by atoms with E-state index in [4.69, 9.17) is 0 Å². The summed E-state index contributed by atoms with van der Waals surface area (Å²) in [7, 11) is 0. The van der Waals surface area contributed by atoms with Crippen molar-refractivity contribution < 1.29 is 10.2 Å². The van der Waals surface area contributed by atoms with Crippen LogP contribution in [0.4, 0.5) is 0 Å². The van der Waals surface area contributed by atoms with Gasteiger partial charge in [0.25, 0.3) is 0 Å². The molecule has 2 nitrogen and oxygen atoms in total. The summed E-state index contributed by atoms with van der Waals surface area (Å²) in [6.07, 6.45) is 3.69. The van der Waals surface area contributed by atoms with E-state index in [1.165, 1.54) is 0 Å². The molecule has 2 N–H and O–H groups in total. The van der Waals surface area contributed by atoms with Gasteiger partial charge in [0.05, 0.1) is 0 Å². The first-order valence-corrected chi connectivity index (χ1v) is 4.62. The summed E-state index contributed by atoms with van der Waals surface area (Å²) in [6, 6.07) is 7.00. The third kappa shape index (κ3) is 3.02. The molecule has 0 spiro atoms. The van der Waals surface area contributed by atoms with Crippen molar-refractivity contribution in [1.29, 1.82) is 0 Å². The monoisotopic (exact) mass is 202 g/mol. The highest BCUT2D eigenvalue weighted by atomic mass is 16.3. The highest BCUT2D eigenvalue weighted by Gasteiger charge is 2.05. The topological polar surface area (TPSA) is 40.5 Å². The molecular formula is C13H14O2. The highest BCUT2D eigenvalue weighted by molar-refractivity contribution is 5.39. The number of para-hydroxylation sites is 1. The summed E-state index contributed by atoms with van der Waals surface area (Å²) in [6.45, 7) is 7.01. The Bertz CT molecular complexity index is 403. The van der Waals surface area contributed by atoms with E-state index < -0.39 is 0 Å². The van der Waals surface area contributed by atoms with Crippen molar-refractivity contribution in [2.45, 2.75) is 6.42 Å².